The molecule has 0 amide bonds. The average molecular weight is 552 g/mol. The molecule has 3 N–H and O–H groups in total. The van der Waals surface area contributed by atoms with Crippen molar-refractivity contribution in [3.63, 3.8) is 0 Å². The van der Waals surface area contributed by atoms with Crippen LogP contribution in [0.15, 0.2) is 48.8 Å². The molecule has 0 bridgehead atoms. The first-order valence-electron chi connectivity index (χ1n) is 14.6. The summed E-state index contributed by atoms with van der Waals surface area (Å²) in [5.41, 5.74) is 12.0. The Kier molecular flexibility index (Phi) is 6.80. The van der Waals surface area contributed by atoms with Crippen LogP contribution in [-0.4, -0.2) is 85.9 Å². The minimum absolute atomic E-state index is 0.297. The van der Waals surface area contributed by atoms with Gasteiger partial charge in [0.15, 0.2) is 5.65 Å². The molecule has 1 aliphatic heterocycles. The number of nitrogen functional groups attached to an aromatic ring is 1. The Balaban J connectivity index is 1.17. The zero-order valence-electron chi connectivity index (χ0n) is 23.8. The molecule has 212 valence electrons. The summed E-state index contributed by atoms with van der Waals surface area (Å²) < 4.78 is 7.65. The fourth-order valence-corrected chi connectivity index (χ4v) is 6.63. The van der Waals surface area contributed by atoms with Crippen LogP contribution in [-0.2, 0) is 6.42 Å². The molecule has 1 aliphatic carbocycles. The number of fused-ring (bicyclic) bond motifs is 2. The molecule has 5 aromatic rings. The summed E-state index contributed by atoms with van der Waals surface area (Å²) in [7, 11) is 3.91. The highest BCUT2D eigenvalue weighted by molar-refractivity contribution is 5.99. The zero-order chi connectivity index (χ0) is 27.9. The van der Waals surface area contributed by atoms with E-state index in [1.54, 1.807) is 13.4 Å². The largest absolute Gasteiger partial charge is 0.496 e. The zero-order valence-corrected chi connectivity index (χ0v) is 23.8. The number of nitrogens with one attached hydrogen (secondary N) is 1. The second kappa shape index (κ2) is 10.8. The van der Waals surface area contributed by atoms with E-state index in [9.17, 15) is 0 Å². The standard InChI is InChI=1S/C31H37N9O/c1-38-13-15-39(16-14-38)22-8-10-23(11-9-22)40-31-28(30(32)33-19-34-31)29(37-40)21-7-12-24-25(17-21)36-27(35-24)18-20-5-3-4-6-26(20)41-2/h3-7,12,17,19,22-23H,8-11,13-16,18H2,1-2H3,(H,35,36)(H2,32,33,34). The number of likely N-dealkylation sites (N-methyl/N-ethyl adjacent to an activating group) is 1. The Morgan fingerprint density at radius 2 is 1.76 bits per heavy atom. The highest BCUT2D eigenvalue weighted by Gasteiger charge is 2.30. The van der Waals surface area contributed by atoms with Crippen LogP contribution in [0.5, 0.6) is 5.75 Å². The first-order chi connectivity index (χ1) is 20.1. The molecule has 1 saturated heterocycles. The number of nitrogens with zero attached hydrogens (tertiary/aromatic N) is 7. The second-order valence-electron chi connectivity index (χ2n) is 11.5. The summed E-state index contributed by atoms with van der Waals surface area (Å²) in [6, 6.07) is 15.2. The van der Waals surface area contributed by atoms with Crippen LogP contribution in [0, 0.1) is 0 Å². The summed E-state index contributed by atoms with van der Waals surface area (Å²) in [4.78, 5) is 22.5. The van der Waals surface area contributed by atoms with Crippen molar-refractivity contribution in [2.45, 2.75) is 44.2 Å². The highest BCUT2D eigenvalue weighted by Crippen LogP contribution is 2.37. The predicted octanol–water partition coefficient (Wildman–Crippen LogP) is 4.28. The van der Waals surface area contributed by atoms with Gasteiger partial charge in [-0.3, -0.25) is 4.90 Å². The third-order valence-electron chi connectivity index (χ3n) is 8.94. The number of aromatic amines is 1. The molecule has 41 heavy (non-hydrogen) atoms. The fraction of sp³-hybridized carbons (Fsp3) is 0.419. The van der Waals surface area contributed by atoms with Crippen molar-refractivity contribution in [1.82, 2.24) is 39.5 Å². The van der Waals surface area contributed by atoms with Gasteiger partial charge < -0.3 is 20.4 Å². The van der Waals surface area contributed by atoms with Gasteiger partial charge in [-0.25, -0.2) is 19.6 Å². The topological polar surface area (TPSA) is 114 Å². The number of hydrogen-bond acceptors (Lipinski definition) is 8. The minimum atomic E-state index is 0.297. The molecular formula is C31H37N9O. The van der Waals surface area contributed by atoms with Gasteiger partial charge in [0.2, 0.25) is 0 Å². The summed E-state index contributed by atoms with van der Waals surface area (Å²) >= 11 is 0. The second-order valence-corrected chi connectivity index (χ2v) is 11.5. The maximum atomic E-state index is 6.45. The van der Waals surface area contributed by atoms with E-state index in [1.807, 2.05) is 18.2 Å². The van der Waals surface area contributed by atoms with E-state index in [0.29, 0.717) is 24.3 Å². The molecule has 2 aromatic carbocycles. The predicted molar refractivity (Wildman–Crippen MR) is 161 cm³/mol. The quantitative estimate of drug-likeness (QED) is 0.321. The summed E-state index contributed by atoms with van der Waals surface area (Å²) in [6.07, 6.45) is 6.74. The minimum Gasteiger partial charge on any atom is -0.496 e. The maximum Gasteiger partial charge on any atom is 0.164 e. The number of para-hydroxylation sites is 1. The van der Waals surface area contributed by atoms with Crippen molar-refractivity contribution in [3.8, 4) is 17.0 Å². The maximum absolute atomic E-state index is 6.45. The van der Waals surface area contributed by atoms with Gasteiger partial charge in [-0.05, 0) is 50.9 Å². The van der Waals surface area contributed by atoms with E-state index >= 15 is 0 Å². The number of rotatable bonds is 6. The number of piperazine rings is 1. The molecule has 4 heterocycles. The third-order valence-corrected chi connectivity index (χ3v) is 8.94. The lowest BCUT2D eigenvalue weighted by Crippen LogP contribution is -2.49. The Labute approximate surface area is 239 Å². The molecular weight excluding hydrogens is 514 g/mol. The molecule has 2 aliphatic rings. The van der Waals surface area contributed by atoms with E-state index in [1.165, 1.54) is 25.9 Å². The average Bonchev–Trinajstić information content (AvgIpc) is 3.59. The number of H-pyrrole nitrogens is 1. The SMILES string of the molecule is COc1ccccc1Cc1nc2cc(-c3nn(C4CCC(N5CCN(C)CC5)CC4)c4ncnc(N)c34)ccc2[nH]1. The molecule has 0 unspecified atom stereocenters. The van der Waals surface area contributed by atoms with Crippen LogP contribution in [0.4, 0.5) is 5.82 Å². The molecule has 0 atom stereocenters. The van der Waals surface area contributed by atoms with Gasteiger partial charge in [0.25, 0.3) is 0 Å². The van der Waals surface area contributed by atoms with Gasteiger partial charge in [0.05, 0.1) is 29.6 Å². The van der Waals surface area contributed by atoms with E-state index in [4.69, 9.17) is 20.6 Å². The normalized spacial score (nSPS) is 20.6. The van der Waals surface area contributed by atoms with Crippen molar-refractivity contribution in [2.75, 3.05) is 46.1 Å². The highest BCUT2D eigenvalue weighted by atomic mass is 16.5. The Morgan fingerprint density at radius 3 is 2.56 bits per heavy atom. The summed E-state index contributed by atoms with van der Waals surface area (Å²) in [5.74, 6) is 2.21. The van der Waals surface area contributed by atoms with Gasteiger partial charge in [-0.1, -0.05) is 24.3 Å². The van der Waals surface area contributed by atoms with E-state index < -0.39 is 0 Å². The summed E-state index contributed by atoms with van der Waals surface area (Å²) in [6.45, 7) is 4.65. The molecule has 2 fully saturated rings. The number of nitrogens with two attached hydrogens (primary N) is 1. The lowest BCUT2D eigenvalue weighted by molar-refractivity contribution is 0.0815. The number of anilines is 1. The third kappa shape index (κ3) is 4.91. The van der Waals surface area contributed by atoms with Crippen molar-refractivity contribution in [1.29, 1.82) is 0 Å². The monoisotopic (exact) mass is 551 g/mol. The van der Waals surface area contributed by atoms with Crippen LogP contribution in [0.3, 0.4) is 0 Å². The van der Waals surface area contributed by atoms with Crippen LogP contribution >= 0.6 is 0 Å². The Bertz CT molecular complexity index is 1680. The fourth-order valence-electron chi connectivity index (χ4n) is 6.63. The first-order valence-corrected chi connectivity index (χ1v) is 14.6. The Morgan fingerprint density at radius 1 is 0.976 bits per heavy atom. The van der Waals surface area contributed by atoms with Gasteiger partial charge in [0.1, 0.15) is 29.4 Å². The van der Waals surface area contributed by atoms with E-state index in [2.05, 4.69) is 60.7 Å². The van der Waals surface area contributed by atoms with Crippen LogP contribution in [0.1, 0.15) is 43.1 Å². The van der Waals surface area contributed by atoms with Crippen LogP contribution < -0.4 is 10.5 Å². The molecule has 10 nitrogen and oxygen atoms in total. The number of aromatic nitrogens is 6. The van der Waals surface area contributed by atoms with Crippen LogP contribution in [0.2, 0.25) is 0 Å². The Hall–Kier alpha value is -4.02. The number of benzene rings is 2. The van der Waals surface area contributed by atoms with Gasteiger partial charge in [-0.2, -0.15) is 5.10 Å². The lowest BCUT2D eigenvalue weighted by atomic mass is 9.90. The number of hydrogen-bond donors (Lipinski definition) is 2. The van der Waals surface area contributed by atoms with E-state index in [0.717, 1.165) is 76.4 Å². The summed E-state index contributed by atoms with van der Waals surface area (Å²) in [5, 5.41) is 5.97. The number of imidazole rings is 1. The lowest BCUT2D eigenvalue weighted by Gasteiger charge is -2.41. The smallest absolute Gasteiger partial charge is 0.164 e. The van der Waals surface area contributed by atoms with Crippen molar-refractivity contribution in [2.24, 2.45) is 0 Å². The molecule has 7 rings (SSSR count). The van der Waals surface area contributed by atoms with Crippen molar-refractivity contribution >= 4 is 27.9 Å². The molecule has 10 heteroatoms. The number of ether oxygens (including phenoxy) is 1. The van der Waals surface area contributed by atoms with Crippen LogP contribution in [0.25, 0.3) is 33.3 Å². The molecule has 0 spiro atoms. The molecule has 1 saturated carbocycles. The molecule has 0 radical (unpaired) electrons. The van der Waals surface area contributed by atoms with Crippen molar-refractivity contribution < 1.29 is 4.74 Å². The van der Waals surface area contributed by atoms with Gasteiger partial charge in [-0.15, -0.1) is 0 Å². The number of methoxy groups -OCH3 is 1. The van der Waals surface area contributed by atoms with E-state index in [-0.39, 0.29) is 0 Å². The van der Waals surface area contributed by atoms with Gasteiger partial charge >= 0.3 is 0 Å². The first kappa shape index (κ1) is 25.9. The van der Waals surface area contributed by atoms with Gasteiger partial charge in [0, 0.05) is 49.8 Å². The van der Waals surface area contributed by atoms with Crippen molar-refractivity contribution in [3.05, 3.63) is 60.2 Å². The molecule has 3 aromatic heterocycles.